The van der Waals surface area contributed by atoms with Gasteiger partial charge in [-0.15, -0.1) is 35.3 Å². The number of nitrogens with one attached hydrogen (secondary N) is 1. The molecule has 19 heavy (non-hydrogen) atoms. The van der Waals surface area contributed by atoms with E-state index in [1.807, 2.05) is 18.2 Å². The van der Waals surface area contributed by atoms with E-state index in [9.17, 15) is 0 Å². The average molecular weight is 326 g/mol. The second-order valence-corrected chi connectivity index (χ2v) is 3.52. The molecular weight excluding hydrogens is 313 g/mol. The first-order valence-electron chi connectivity index (χ1n) is 5.23. The molecule has 3 aromatic carbocycles. The second-order valence-electron chi connectivity index (χ2n) is 3.52. The van der Waals surface area contributed by atoms with E-state index in [0.29, 0.717) is 5.69 Å². The Kier molecular flexibility index (Phi) is 11.9. The zero-order chi connectivity index (χ0) is 11.2. The van der Waals surface area contributed by atoms with Gasteiger partial charge in [-0.25, -0.2) is 0 Å². The molecule has 3 rings (SSSR count). The van der Waals surface area contributed by atoms with Crippen molar-refractivity contribution >= 4 is 16.5 Å². The Hall–Kier alpha value is -0.856. The number of halogens is 2. The molecule has 0 spiro atoms. The third-order valence-corrected chi connectivity index (χ3v) is 2.32. The van der Waals surface area contributed by atoms with Gasteiger partial charge in [-0.1, -0.05) is 36.4 Å². The fraction of sp³-hybridized carbons (Fsp3) is 0. The Balaban J connectivity index is 0. The third kappa shape index (κ3) is 6.75. The van der Waals surface area contributed by atoms with E-state index in [-0.39, 0.29) is 46.5 Å². The van der Waals surface area contributed by atoms with Gasteiger partial charge in [-0.05, 0) is 0 Å². The summed E-state index contributed by atoms with van der Waals surface area (Å²) in [7, 11) is 0. The summed E-state index contributed by atoms with van der Waals surface area (Å²) < 4.78 is 0. The average Bonchev–Trinajstić information content (AvgIpc) is 2.79. The van der Waals surface area contributed by atoms with Crippen molar-refractivity contribution in [3.63, 3.8) is 0 Å². The van der Waals surface area contributed by atoms with Gasteiger partial charge in [0.1, 0.15) is 0 Å². The first kappa shape index (κ1) is 20.5. The molecule has 0 aliphatic rings. The van der Waals surface area contributed by atoms with Crippen molar-refractivity contribution in [3.8, 4) is 0 Å². The van der Waals surface area contributed by atoms with Crippen molar-refractivity contribution < 1.29 is 46.5 Å². The molecule has 0 aliphatic heterocycles. The number of rotatable bonds is 0. The van der Waals surface area contributed by atoms with Crippen molar-refractivity contribution in [1.29, 1.82) is 0 Å². The molecule has 0 unspecified atom stereocenters. The summed E-state index contributed by atoms with van der Waals surface area (Å²) in [4.78, 5) is 0. The van der Waals surface area contributed by atoms with E-state index in [1.54, 1.807) is 12.1 Å². The van der Waals surface area contributed by atoms with E-state index in [1.165, 1.54) is 10.8 Å². The van der Waals surface area contributed by atoms with Crippen molar-refractivity contribution in [2.75, 3.05) is 0 Å². The molecular formula is C15H13Cl2NTi. The van der Waals surface area contributed by atoms with E-state index >= 15 is 0 Å². The number of fused-ring (bicyclic) bond motifs is 1. The van der Waals surface area contributed by atoms with E-state index < -0.39 is 0 Å². The number of benzene rings is 2. The standard InChI is InChI=1S/C9H7.C6H6N.2ClH.Ti/c1-2-5-9-7-3-6-8(9)4-1;7-6-4-2-1-3-5-6;;;/h1-7H;1-5,7H;2*1H;/q2*-1;;;+4/p-2. The SMILES string of the molecule is [Cl-].[Cl-].[NH-]c1ccccc1.[Ti+4].c1ccc2[cH-]ccc2c1. The van der Waals surface area contributed by atoms with Crippen LogP contribution in [0.1, 0.15) is 0 Å². The van der Waals surface area contributed by atoms with Crippen LogP contribution in [0.5, 0.6) is 0 Å². The fourth-order valence-electron chi connectivity index (χ4n) is 1.51. The van der Waals surface area contributed by atoms with Gasteiger partial charge in [-0.2, -0.15) is 17.5 Å². The molecule has 0 heterocycles. The van der Waals surface area contributed by atoms with Gasteiger partial charge >= 0.3 is 21.7 Å². The van der Waals surface area contributed by atoms with Crippen molar-refractivity contribution in [2.45, 2.75) is 0 Å². The van der Waals surface area contributed by atoms with Crippen LogP contribution < -0.4 is 24.8 Å². The van der Waals surface area contributed by atoms with Crippen LogP contribution in [0.3, 0.4) is 0 Å². The van der Waals surface area contributed by atoms with Gasteiger partial charge in [0.15, 0.2) is 0 Å². The Bertz CT molecular complexity index is 522. The van der Waals surface area contributed by atoms with Crippen molar-refractivity contribution in [1.82, 2.24) is 0 Å². The Labute approximate surface area is 141 Å². The van der Waals surface area contributed by atoms with Gasteiger partial charge < -0.3 is 30.5 Å². The van der Waals surface area contributed by atoms with Gasteiger partial charge in [0, 0.05) is 0 Å². The van der Waals surface area contributed by atoms with Crippen LogP contribution >= 0.6 is 0 Å². The van der Waals surface area contributed by atoms with Crippen molar-refractivity contribution in [2.24, 2.45) is 0 Å². The van der Waals surface area contributed by atoms with E-state index in [2.05, 4.69) is 42.5 Å². The van der Waals surface area contributed by atoms with Crippen LogP contribution in [0.2, 0.25) is 0 Å². The summed E-state index contributed by atoms with van der Waals surface area (Å²) in [5.41, 5.74) is 7.57. The first-order chi connectivity index (χ1) is 7.86. The molecule has 0 radical (unpaired) electrons. The second kappa shape index (κ2) is 11.0. The normalized spacial score (nSPS) is 8.00. The molecule has 1 N–H and O–H groups in total. The zero-order valence-corrected chi connectivity index (χ0v) is 13.3. The van der Waals surface area contributed by atoms with E-state index in [4.69, 9.17) is 5.73 Å². The maximum Gasteiger partial charge on any atom is 4.00 e. The summed E-state index contributed by atoms with van der Waals surface area (Å²) in [6.45, 7) is 0. The number of hydrogen-bond donors (Lipinski definition) is 0. The molecule has 0 amide bonds. The van der Waals surface area contributed by atoms with Gasteiger partial charge in [0.25, 0.3) is 0 Å². The molecule has 0 saturated carbocycles. The largest absolute Gasteiger partial charge is 4.00 e. The molecule has 0 aliphatic carbocycles. The molecule has 96 valence electrons. The predicted molar refractivity (Wildman–Crippen MR) is 70.0 cm³/mol. The van der Waals surface area contributed by atoms with Crippen LogP contribution in [-0.4, -0.2) is 0 Å². The van der Waals surface area contributed by atoms with Crippen LogP contribution in [0, 0.1) is 0 Å². The van der Waals surface area contributed by atoms with Gasteiger partial charge in [0.2, 0.25) is 0 Å². The molecule has 1 nitrogen and oxygen atoms in total. The first-order valence-corrected chi connectivity index (χ1v) is 5.23. The van der Waals surface area contributed by atoms with Crippen molar-refractivity contribution in [3.05, 3.63) is 78.5 Å². The third-order valence-electron chi connectivity index (χ3n) is 2.32. The minimum atomic E-state index is 0. The summed E-state index contributed by atoms with van der Waals surface area (Å²) >= 11 is 0. The molecule has 0 aromatic heterocycles. The fourth-order valence-corrected chi connectivity index (χ4v) is 1.51. The molecule has 3 aromatic rings. The molecule has 0 fully saturated rings. The van der Waals surface area contributed by atoms with Crippen LogP contribution in [-0.2, 0) is 21.7 Å². The van der Waals surface area contributed by atoms with Crippen LogP contribution in [0.15, 0.2) is 72.8 Å². The maximum atomic E-state index is 7.00. The molecule has 0 atom stereocenters. The monoisotopic (exact) mass is 325 g/mol. The number of hydrogen-bond acceptors (Lipinski definition) is 0. The smallest absolute Gasteiger partial charge is 1.00 e. The zero-order valence-electron chi connectivity index (χ0n) is 10.2. The topological polar surface area (TPSA) is 23.8 Å². The van der Waals surface area contributed by atoms with Gasteiger partial charge in [0.05, 0.1) is 0 Å². The van der Waals surface area contributed by atoms with Crippen LogP contribution in [0.4, 0.5) is 5.69 Å². The summed E-state index contributed by atoms with van der Waals surface area (Å²) in [5.74, 6) is 0. The Morgan fingerprint density at radius 2 is 1.32 bits per heavy atom. The summed E-state index contributed by atoms with van der Waals surface area (Å²) in [5, 5.41) is 2.66. The summed E-state index contributed by atoms with van der Waals surface area (Å²) in [6, 6.07) is 23.8. The predicted octanol–water partition coefficient (Wildman–Crippen LogP) is -1.07. The van der Waals surface area contributed by atoms with E-state index in [0.717, 1.165) is 0 Å². The van der Waals surface area contributed by atoms with Gasteiger partial charge in [-0.3, -0.25) is 0 Å². The minimum absolute atomic E-state index is 0. The Morgan fingerprint density at radius 1 is 0.737 bits per heavy atom. The maximum absolute atomic E-state index is 7.00. The minimum Gasteiger partial charge on any atom is -1.00 e. The van der Waals surface area contributed by atoms with Crippen LogP contribution in [0.25, 0.3) is 16.5 Å². The quantitative estimate of drug-likeness (QED) is 0.371. The molecule has 4 heteroatoms. The molecule has 0 saturated heterocycles. The Morgan fingerprint density at radius 3 is 1.84 bits per heavy atom. The molecule has 0 bridgehead atoms. The summed E-state index contributed by atoms with van der Waals surface area (Å²) in [6.07, 6.45) is 0.